The number of thiazole rings is 1. The van der Waals surface area contributed by atoms with E-state index >= 15 is 0 Å². The molecule has 0 saturated carbocycles. The maximum absolute atomic E-state index is 12.9. The highest BCUT2D eigenvalue weighted by atomic mass is 32.1. The number of fused-ring (bicyclic) bond motifs is 1. The molecule has 1 aliphatic heterocycles. The first-order valence-corrected chi connectivity index (χ1v) is 11.2. The van der Waals surface area contributed by atoms with Gasteiger partial charge in [0.1, 0.15) is 5.69 Å². The van der Waals surface area contributed by atoms with Gasteiger partial charge in [-0.1, -0.05) is 36.4 Å². The molecule has 3 heterocycles. The van der Waals surface area contributed by atoms with Crippen molar-refractivity contribution in [2.24, 2.45) is 0 Å². The molecule has 33 heavy (non-hydrogen) atoms. The molecule has 2 aromatic heterocycles. The Morgan fingerprint density at radius 2 is 1.70 bits per heavy atom. The van der Waals surface area contributed by atoms with E-state index in [1.54, 1.807) is 12.3 Å². The normalized spacial score (nSPS) is 12.7. The van der Waals surface area contributed by atoms with E-state index in [0.717, 1.165) is 5.56 Å². The van der Waals surface area contributed by atoms with E-state index in [2.05, 4.69) is 15.3 Å². The molecular weight excluding hydrogens is 436 g/mol. The number of hydrogen-bond acceptors (Lipinski definition) is 6. The molecule has 8 heteroatoms. The maximum atomic E-state index is 12.9. The molecule has 5 rings (SSSR count). The minimum absolute atomic E-state index is 0.244. The summed E-state index contributed by atoms with van der Waals surface area (Å²) in [6, 6.07) is 19.8. The van der Waals surface area contributed by atoms with Gasteiger partial charge in [-0.3, -0.25) is 29.6 Å². The molecule has 1 N–H and O–H groups in total. The SMILES string of the molecule is O=C(Nc1nc(-c2ccccn2)cs1)c1ccc2c(c1)C(=O)N(CCc1ccccc1)C2=O. The van der Waals surface area contributed by atoms with Crippen LogP contribution in [-0.4, -0.2) is 39.1 Å². The van der Waals surface area contributed by atoms with Gasteiger partial charge in [-0.2, -0.15) is 0 Å². The Kier molecular flexibility index (Phi) is 5.50. The molecule has 2 aromatic carbocycles. The lowest BCUT2D eigenvalue weighted by molar-refractivity contribution is 0.0656. The molecule has 4 aromatic rings. The van der Waals surface area contributed by atoms with Crippen molar-refractivity contribution in [1.29, 1.82) is 0 Å². The molecule has 0 fully saturated rings. The number of imide groups is 1. The number of benzene rings is 2. The molecule has 0 radical (unpaired) electrons. The number of rotatable bonds is 6. The first kappa shape index (κ1) is 20.7. The average molecular weight is 455 g/mol. The summed E-state index contributed by atoms with van der Waals surface area (Å²) in [7, 11) is 0. The maximum Gasteiger partial charge on any atom is 0.261 e. The lowest BCUT2D eigenvalue weighted by Crippen LogP contribution is -2.31. The molecule has 0 aliphatic carbocycles. The van der Waals surface area contributed by atoms with E-state index in [9.17, 15) is 14.4 Å². The third-order valence-corrected chi connectivity index (χ3v) is 6.11. The zero-order valence-corrected chi connectivity index (χ0v) is 18.2. The zero-order chi connectivity index (χ0) is 22.8. The molecule has 7 nitrogen and oxygen atoms in total. The van der Waals surface area contributed by atoms with Crippen molar-refractivity contribution >= 4 is 34.2 Å². The van der Waals surface area contributed by atoms with Crippen molar-refractivity contribution in [3.05, 3.63) is 101 Å². The van der Waals surface area contributed by atoms with E-state index in [0.29, 0.717) is 28.5 Å². The van der Waals surface area contributed by atoms with E-state index in [4.69, 9.17) is 0 Å². The Morgan fingerprint density at radius 1 is 0.909 bits per heavy atom. The van der Waals surface area contributed by atoms with Crippen molar-refractivity contribution < 1.29 is 14.4 Å². The van der Waals surface area contributed by atoms with Gasteiger partial charge in [-0.15, -0.1) is 11.3 Å². The third-order valence-electron chi connectivity index (χ3n) is 5.35. The predicted octanol–water partition coefficient (Wildman–Crippen LogP) is 4.30. The van der Waals surface area contributed by atoms with Crippen LogP contribution in [-0.2, 0) is 6.42 Å². The number of nitrogens with zero attached hydrogens (tertiary/aromatic N) is 3. The number of carbonyl (C=O) groups excluding carboxylic acids is 3. The Balaban J connectivity index is 1.30. The predicted molar refractivity (Wildman–Crippen MR) is 125 cm³/mol. The standard InChI is InChI=1S/C25H18N4O3S/c30-22(28-25-27-21(15-33-25)20-8-4-5-12-26-20)17-9-10-18-19(14-17)24(32)29(23(18)31)13-11-16-6-2-1-3-7-16/h1-10,12,14-15H,11,13H2,(H,27,28,30). The number of nitrogens with one attached hydrogen (secondary N) is 1. The summed E-state index contributed by atoms with van der Waals surface area (Å²) in [5, 5.41) is 4.99. The minimum Gasteiger partial charge on any atom is -0.298 e. The Morgan fingerprint density at radius 3 is 2.48 bits per heavy atom. The summed E-state index contributed by atoms with van der Waals surface area (Å²) in [6.07, 6.45) is 2.25. The van der Waals surface area contributed by atoms with Gasteiger partial charge < -0.3 is 0 Å². The first-order valence-electron chi connectivity index (χ1n) is 10.3. The van der Waals surface area contributed by atoms with E-state index in [1.165, 1.54) is 28.4 Å². The van der Waals surface area contributed by atoms with Crippen LogP contribution in [0.1, 0.15) is 36.6 Å². The topological polar surface area (TPSA) is 92.3 Å². The van der Waals surface area contributed by atoms with Gasteiger partial charge >= 0.3 is 0 Å². The zero-order valence-electron chi connectivity index (χ0n) is 17.4. The Hall–Kier alpha value is -4.17. The van der Waals surface area contributed by atoms with Crippen molar-refractivity contribution in [3.8, 4) is 11.4 Å². The van der Waals surface area contributed by atoms with E-state index in [-0.39, 0.29) is 29.5 Å². The second-order valence-corrected chi connectivity index (χ2v) is 8.32. The van der Waals surface area contributed by atoms with Crippen LogP contribution in [0.25, 0.3) is 11.4 Å². The van der Waals surface area contributed by atoms with Crippen LogP contribution in [0.2, 0.25) is 0 Å². The Labute approximate surface area is 193 Å². The monoisotopic (exact) mass is 454 g/mol. The molecular formula is C25H18N4O3S. The van der Waals surface area contributed by atoms with Gasteiger partial charge in [-0.05, 0) is 42.3 Å². The van der Waals surface area contributed by atoms with Crippen molar-refractivity contribution in [2.45, 2.75) is 6.42 Å². The largest absolute Gasteiger partial charge is 0.298 e. The summed E-state index contributed by atoms with van der Waals surface area (Å²) >= 11 is 1.29. The van der Waals surface area contributed by atoms with Crippen LogP contribution < -0.4 is 5.32 Å². The number of amides is 3. The summed E-state index contributed by atoms with van der Waals surface area (Å²) in [5.41, 5.74) is 3.27. The fraction of sp³-hybridized carbons (Fsp3) is 0.0800. The summed E-state index contributed by atoms with van der Waals surface area (Å²) in [5.74, 6) is -1.12. The van der Waals surface area contributed by atoms with Gasteiger partial charge in [-0.25, -0.2) is 4.98 Å². The van der Waals surface area contributed by atoms with Crippen LogP contribution in [0.15, 0.2) is 78.3 Å². The summed E-state index contributed by atoms with van der Waals surface area (Å²) < 4.78 is 0. The van der Waals surface area contributed by atoms with Gasteiger partial charge in [0.05, 0.1) is 16.8 Å². The van der Waals surface area contributed by atoms with Crippen LogP contribution >= 0.6 is 11.3 Å². The summed E-state index contributed by atoms with van der Waals surface area (Å²) in [4.78, 5) is 48.3. The molecule has 1 aliphatic rings. The molecule has 0 spiro atoms. The number of anilines is 1. The minimum atomic E-state index is -0.400. The van der Waals surface area contributed by atoms with Gasteiger partial charge in [0.25, 0.3) is 17.7 Å². The third kappa shape index (κ3) is 4.16. The molecule has 0 unspecified atom stereocenters. The second-order valence-electron chi connectivity index (χ2n) is 7.46. The fourth-order valence-electron chi connectivity index (χ4n) is 3.65. The van der Waals surface area contributed by atoms with Crippen molar-refractivity contribution in [3.63, 3.8) is 0 Å². The Bertz CT molecular complexity index is 1350. The van der Waals surface area contributed by atoms with Crippen LogP contribution in [0, 0.1) is 0 Å². The molecule has 0 atom stereocenters. The molecule has 162 valence electrons. The smallest absolute Gasteiger partial charge is 0.261 e. The van der Waals surface area contributed by atoms with Crippen LogP contribution in [0.3, 0.4) is 0 Å². The molecule has 0 bridgehead atoms. The first-order chi connectivity index (χ1) is 16.1. The van der Waals surface area contributed by atoms with Crippen LogP contribution in [0.5, 0.6) is 0 Å². The number of pyridine rings is 1. The highest BCUT2D eigenvalue weighted by Crippen LogP contribution is 2.26. The van der Waals surface area contributed by atoms with E-state index in [1.807, 2.05) is 53.9 Å². The lowest BCUT2D eigenvalue weighted by atomic mass is 10.1. The quantitative estimate of drug-likeness (QED) is 0.439. The second kappa shape index (κ2) is 8.76. The van der Waals surface area contributed by atoms with Gasteiger partial charge in [0.2, 0.25) is 0 Å². The molecule has 3 amide bonds. The van der Waals surface area contributed by atoms with Crippen LogP contribution in [0.4, 0.5) is 5.13 Å². The summed E-state index contributed by atoms with van der Waals surface area (Å²) in [6.45, 7) is 0.285. The lowest BCUT2D eigenvalue weighted by Gasteiger charge is -2.13. The van der Waals surface area contributed by atoms with E-state index < -0.39 is 5.91 Å². The fourth-order valence-corrected chi connectivity index (χ4v) is 4.35. The van der Waals surface area contributed by atoms with Crippen molar-refractivity contribution in [2.75, 3.05) is 11.9 Å². The van der Waals surface area contributed by atoms with Gasteiger partial charge in [0, 0.05) is 23.7 Å². The number of hydrogen-bond donors (Lipinski definition) is 1. The van der Waals surface area contributed by atoms with Crippen molar-refractivity contribution in [1.82, 2.24) is 14.9 Å². The number of aromatic nitrogens is 2. The highest BCUT2D eigenvalue weighted by Gasteiger charge is 2.35. The highest BCUT2D eigenvalue weighted by molar-refractivity contribution is 7.14. The average Bonchev–Trinajstić information content (AvgIpc) is 3.41. The molecule has 0 saturated heterocycles. The van der Waals surface area contributed by atoms with Gasteiger partial charge in [0.15, 0.2) is 5.13 Å². The number of carbonyl (C=O) groups is 3.